The van der Waals surface area contributed by atoms with Crippen LogP contribution in [0.2, 0.25) is 0 Å². The van der Waals surface area contributed by atoms with Crippen molar-refractivity contribution in [2.45, 2.75) is 53.5 Å². The summed E-state index contributed by atoms with van der Waals surface area (Å²) in [5.74, 6) is 1.54. The molecule has 0 bridgehead atoms. The molecule has 0 saturated carbocycles. The van der Waals surface area contributed by atoms with Gasteiger partial charge in [0.1, 0.15) is 5.75 Å². The van der Waals surface area contributed by atoms with Gasteiger partial charge >= 0.3 is 0 Å². The van der Waals surface area contributed by atoms with E-state index < -0.39 is 0 Å². The number of aryl methyl sites for hydroxylation is 1. The summed E-state index contributed by atoms with van der Waals surface area (Å²) in [6, 6.07) is 6.30. The van der Waals surface area contributed by atoms with Crippen molar-refractivity contribution in [2.24, 2.45) is 5.92 Å². The maximum atomic E-state index is 11.9. The summed E-state index contributed by atoms with van der Waals surface area (Å²) >= 11 is 0. The molecular weight excluding hydrogens is 250 g/mol. The fourth-order valence-corrected chi connectivity index (χ4v) is 1.85. The zero-order valence-electron chi connectivity index (χ0n) is 13.5. The van der Waals surface area contributed by atoms with Crippen molar-refractivity contribution in [3.05, 3.63) is 29.3 Å². The van der Waals surface area contributed by atoms with Crippen LogP contribution >= 0.6 is 0 Å². The van der Waals surface area contributed by atoms with E-state index in [0.717, 1.165) is 16.9 Å². The molecule has 0 unspecified atom stereocenters. The lowest BCUT2D eigenvalue weighted by molar-refractivity contribution is -0.124. The first-order valence-corrected chi connectivity index (χ1v) is 7.34. The van der Waals surface area contributed by atoms with Crippen LogP contribution in [0.3, 0.4) is 0 Å². The number of amides is 1. The third kappa shape index (κ3) is 4.87. The van der Waals surface area contributed by atoms with Gasteiger partial charge < -0.3 is 10.1 Å². The van der Waals surface area contributed by atoms with Gasteiger partial charge in [0, 0.05) is 6.04 Å². The number of hydrogen-bond acceptors (Lipinski definition) is 2. The third-order valence-electron chi connectivity index (χ3n) is 3.54. The average Bonchev–Trinajstić information content (AvgIpc) is 2.35. The Hall–Kier alpha value is -1.51. The van der Waals surface area contributed by atoms with Gasteiger partial charge in [0.15, 0.2) is 6.61 Å². The quantitative estimate of drug-likeness (QED) is 0.861. The van der Waals surface area contributed by atoms with Crippen molar-refractivity contribution in [3.63, 3.8) is 0 Å². The fraction of sp³-hybridized carbons (Fsp3) is 0.588. The van der Waals surface area contributed by atoms with Crippen LogP contribution in [0.1, 0.15) is 51.7 Å². The predicted octanol–water partition coefficient (Wildman–Crippen LogP) is 3.66. The normalized spacial score (nSPS) is 12.6. The van der Waals surface area contributed by atoms with Gasteiger partial charge in [0.25, 0.3) is 5.91 Å². The Labute approximate surface area is 122 Å². The number of nitrogens with one attached hydrogen (secondary N) is 1. The van der Waals surface area contributed by atoms with Gasteiger partial charge in [0.2, 0.25) is 0 Å². The van der Waals surface area contributed by atoms with E-state index in [-0.39, 0.29) is 18.6 Å². The highest BCUT2D eigenvalue weighted by Crippen LogP contribution is 2.27. The molecule has 1 atom stereocenters. The second-order valence-corrected chi connectivity index (χ2v) is 6.08. The predicted molar refractivity (Wildman–Crippen MR) is 83.2 cm³/mol. The number of hydrogen-bond donors (Lipinski definition) is 1. The molecule has 112 valence electrons. The van der Waals surface area contributed by atoms with E-state index in [1.165, 1.54) is 0 Å². The molecule has 0 radical (unpaired) electrons. The molecule has 1 aromatic rings. The molecule has 0 fully saturated rings. The van der Waals surface area contributed by atoms with Crippen LogP contribution in [0.4, 0.5) is 0 Å². The van der Waals surface area contributed by atoms with E-state index in [4.69, 9.17) is 4.74 Å². The van der Waals surface area contributed by atoms with Crippen molar-refractivity contribution in [2.75, 3.05) is 6.61 Å². The maximum Gasteiger partial charge on any atom is 0.258 e. The van der Waals surface area contributed by atoms with Crippen molar-refractivity contribution in [1.29, 1.82) is 0 Å². The van der Waals surface area contributed by atoms with Crippen LogP contribution in [0.25, 0.3) is 0 Å². The number of carbonyl (C=O) groups excluding carboxylic acids is 1. The summed E-state index contributed by atoms with van der Waals surface area (Å²) in [6.07, 6.45) is 0. The summed E-state index contributed by atoms with van der Waals surface area (Å²) < 4.78 is 5.71. The van der Waals surface area contributed by atoms with Gasteiger partial charge in [-0.05, 0) is 42.9 Å². The fourth-order valence-electron chi connectivity index (χ4n) is 1.85. The second-order valence-electron chi connectivity index (χ2n) is 6.08. The topological polar surface area (TPSA) is 38.3 Å². The molecule has 0 heterocycles. The monoisotopic (exact) mass is 277 g/mol. The molecule has 0 aromatic heterocycles. The molecule has 3 nitrogen and oxygen atoms in total. The molecular formula is C17H27NO2. The summed E-state index contributed by atoms with van der Waals surface area (Å²) in [5.41, 5.74) is 2.28. The van der Waals surface area contributed by atoms with Crippen LogP contribution in [0.5, 0.6) is 5.75 Å². The van der Waals surface area contributed by atoms with Gasteiger partial charge in [-0.1, -0.05) is 39.8 Å². The van der Waals surface area contributed by atoms with Crippen molar-refractivity contribution in [3.8, 4) is 5.75 Å². The lowest BCUT2D eigenvalue weighted by atomic mass is 10.0. The minimum atomic E-state index is -0.0672. The van der Waals surface area contributed by atoms with Crippen molar-refractivity contribution in [1.82, 2.24) is 5.32 Å². The molecule has 1 rings (SSSR count). The Bertz CT molecular complexity index is 452. The highest BCUT2D eigenvalue weighted by atomic mass is 16.5. The average molecular weight is 277 g/mol. The first kappa shape index (κ1) is 16.5. The zero-order valence-corrected chi connectivity index (χ0v) is 13.5. The summed E-state index contributed by atoms with van der Waals surface area (Å²) in [4.78, 5) is 11.9. The van der Waals surface area contributed by atoms with Crippen molar-refractivity contribution >= 4 is 5.91 Å². The molecule has 0 aliphatic heterocycles. The Morgan fingerprint density at radius 1 is 1.20 bits per heavy atom. The Kier molecular flexibility index (Phi) is 6.05. The van der Waals surface area contributed by atoms with Gasteiger partial charge in [-0.25, -0.2) is 0 Å². The molecule has 1 N–H and O–H groups in total. The molecule has 1 amide bonds. The maximum absolute atomic E-state index is 11.9. The molecule has 3 heteroatoms. The first-order chi connectivity index (χ1) is 9.31. The third-order valence-corrected chi connectivity index (χ3v) is 3.54. The number of ether oxygens (including phenoxy) is 1. The minimum absolute atomic E-state index is 0.0672. The largest absolute Gasteiger partial charge is 0.483 e. The van der Waals surface area contributed by atoms with Crippen LogP contribution in [-0.2, 0) is 4.79 Å². The van der Waals surface area contributed by atoms with Crippen LogP contribution in [0.15, 0.2) is 18.2 Å². The van der Waals surface area contributed by atoms with Crippen LogP contribution in [-0.4, -0.2) is 18.6 Å². The van der Waals surface area contributed by atoms with E-state index in [1.54, 1.807) is 0 Å². The van der Waals surface area contributed by atoms with E-state index in [2.05, 4.69) is 45.1 Å². The van der Waals surface area contributed by atoms with Gasteiger partial charge in [-0.2, -0.15) is 0 Å². The second kappa shape index (κ2) is 7.32. The molecule has 1 aromatic carbocycles. The summed E-state index contributed by atoms with van der Waals surface area (Å²) in [6.45, 7) is 12.5. The smallest absolute Gasteiger partial charge is 0.258 e. The number of benzene rings is 1. The highest BCUT2D eigenvalue weighted by Gasteiger charge is 2.13. The van der Waals surface area contributed by atoms with Gasteiger partial charge in [0.05, 0.1) is 0 Å². The lowest BCUT2D eigenvalue weighted by Crippen LogP contribution is -2.39. The molecule has 0 aliphatic rings. The standard InChI is InChI=1S/C17H27NO2/c1-11(2)14(6)18-17(19)10-20-16-9-13(5)7-8-15(16)12(3)4/h7-9,11-12,14H,10H2,1-6H3,(H,18,19)/t14-/m0/s1. The summed E-state index contributed by atoms with van der Waals surface area (Å²) in [5, 5.41) is 2.95. The van der Waals surface area contributed by atoms with Crippen LogP contribution < -0.4 is 10.1 Å². The number of carbonyl (C=O) groups is 1. The van der Waals surface area contributed by atoms with E-state index in [0.29, 0.717) is 11.8 Å². The lowest BCUT2D eigenvalue weighted by Gasteiger charge is -2.19. The number of rotatable bonds is 6. The molecule has 0 aliphatic carbocycles. The van der Waals surface area contributed by atoms with Crippen LogP contribution in [0, 0.1) is 12.8 Å². The van der Waals surface area contributed by atoms with E-state index >= 15 is 0 Å². The van der Waals surface area contributed by atoms with Crippen molar-refractivity contribution < 1.29 is 9.53 Å². The first-order valence-electron chi connectivity index (χ1n) is 7.34. The minimum Gasteiger partial charge on any atom is -0.483 e. The molecule has 0 saturated heterocycles. The Morgan fingerprint density at radius 3 is 2.40 bits per heavy atom. The van der Waals surface area contributed by atoms with E-state index in [1.807, 2.05) is 19.9 Å². The SMILES string of the molecule is Cc1ccc(C(C)C)c(OCC(=O)N[C@@H](C)C(C)C)c1. The Morgan fingerprint density at radius 2 is 1.85 bits per heavy atom. The van der Waals surface area contributed by atoms with Gasteiger partial charge in [-0.15, -0.1) is 0 Å². The Balaban J connectivity index is 2.65. The highest BCUT2D eigenvalue weighted by molar-refractivity contribution is 5.77. The molecule has 0 spiro atoms. The zero-order chi connectivity index (χ0) is 15.3. The van der Waals surface area contributed by atoms with E-state index in [9.17, 15) is 4.79 Å². The van der Waals surface area contributed by atoms with Gasteiger partial charge in [-0.3, -0.25) is 4.79 Å². The summed E-state index contributed by atoms with van der Waals surface area (Å²) in [7, 11) is 0. The molecule has 20 heavy (non-hydrogen) atoms.